The van der Waals surface area contributed by atoms with E-state index in [1.165, 1.54) is 44.2 Å². The maximum Gasteiger partial charge on any atom is 0.280 e. The summed E-state index contributed by atoms with van der Waals surface area (Å²) in [6, 6.07) is 10.8. The first-order valence-corrected chi connectivity index (χ1v) is 29.3. The topological polar surface area (TPSA) is 299 Å². The Kier molecular flexibility index (Phi) is 13.8. The van der Waals surface area contributed by atoms with Crippen molar-refractivity contribution in [1.29, 1.82) is 0 Å². The van der Waals surface area contributed by atoms with Crippen molar-refractivity contribution >= 4 is 57.5 Å². The molecular formula is C50H54N7O14P3-2. The standard InChI is InChI=1S/C50H56N7O14P3/c1-29-15-16-32(24-37(29)42-38-22-30-11-6-18-55-20-8-13-35(43(30)55)45(38)69-46-36-14-9-21-56-19-7-12-31(44(36)56)23-39(42)46)49(59)52-17-5-3-2-4-10-33-26-57(48-41(33)47(51)53-28-54-48)50-40(58)25-34(68-50)27-67-73(63,64)71-74(65,66)70-72(60,61)62/h15-16,22-24,26,28,34,40,50,58H,2-3,5-9,11-14,17-21,25,27H2,1H3,(H6-,51,52,53,54,59,60,61,62,63,64,65,66)/p-2/t34-,40?,50+/m0/s1. The molecule has 74 heavy (non-hydrogen) atoms. The van der Waals surface area contributed by atoms with Gasteiger partial charge in [-0.15, -0.1) is 0 Å². The molecule has 4 unspecified atom stereocenters. The third-order valence-electron chi connectivity index (χ3n) is 14.6. The number of nitrogens with two attached hydrogens (primary N) is 1. The Morgan fingerprint density at radius 1 is 0.946 bits per heavy atom. The van der Waals surface area contributed by atoms with Crippen molar-refractivity contribution < 1.29 is 65.8 Å². The molecule has 1 saturated heterocycles. The Labute approximate surface area is 425 Å². The van der Waals surface area contributed by atoms with Crippen molar-refractivity contribution in [2.45, 2.75) is 102 Å². The van der Waals surface area contributed by atoms with Gasteiger partial charge in [0.25, 0.3) is 29.4 Å². The van der Waals surface area contributed by atoms with Gasteiger partial charge < -0.3 is 59.2 Å². The minimum atomic E-state index is -6.10. The number of benzene rings is 3. The van der Waals surface area contributed by atoms with Gasteiger partial charge in [0.2, 0.25) is 5.36 Å². The molecule has 0 aliphatic carbocycles. The second kappa shape index (κ2) is 20.0. The summed E-state index contributed by atoms with van der Waals surface area (Å²) in [5.41, 5.74) is 18.7. The number of carbonyl (C=O) groups excluding carboxylic acids is 1. The zero-order valence-electron chi connectivity index (χ0n) is 40.4. The van der Waals surface area contributed by atoms with Gasteiger partial charge in [-0.1, -0.05) is 17.9 Å². The fourth-order valence-electron chi connectivity index (χ4n) is 11.6. The van der Waals surface area contributed by atoms with Gasteiger partial charge in [-0.05, 0) is 99.2 Å². The summed E-state index contributed by atoms with van der Waals surface area (Å²) in [5, 5.41) is 16.9. The van der Waals surface area contributed by atoms with E-state index in [9.17, 15) is 38.3 Å². The van der Waals surface area contributed by atoms with Crippen LogP contribution in [0.5, 0.6) is 11.5 Å². The van der Waals surface area contributed by atoms with Crippen molar-refractivity contribution in [2.75, 3.05) is 50.0 Å². The maximum atomic E-state index is 14.0. The smallest absolute Gasteiger partial charge is 0.280 e. The Bertz CT molecular complexity index is 3490. The van der Waals surface area contributed by atoms with E-state index in [4.69, 9.17) is 20.1 Å². The van der Waals surface area contributed by atoms with Crippen LogP contribution in [0.1, 0.15) is 112 Å². The first-order chi connectivity index (χ1) is 35.4. The van der Waals surface area contributed by atoms with Gasteiger partial charge in [0.15, 0.2) is 6.23 Å². The van der Waals surface area contributed by atoms with Crippen molar-refractivity contribution in [3.05, 3.63) is 104 Å². The Morgan fingerprint density at radius 2 is 1.72 bits per heavy atom. The molecule has 24 heteroatoms. The van der Waals surface area contributed by atoms with Crippen LogP contribution < -0.4 is 50.5 Å². The quantitative estimate of drug-likeness (QED) is 0.0528. The summed E-state index contributed by atoms with van der Waals surface area (Å²) in [7, 11) is -17.8. The third-order valence-corrected chi connectivity index (χ3v) is 18.3. The number of anilines is 2. The number of aromatic nitrogens is 3. The number of fused-ring (bicyclic) bond motifs is 5. The van der Waals surface area contributed by atoms with Gasteiger partial charge in [0.05, 0.1) is 29.2 Å². The summed E-state index contributed by atoms with van der Waals surface area (Å²) < 4.78 is 63.1. The molecule has 3 aromatic carbocycles. The number of aliphatic hydroxyl groups is 1. The highest BCUT2D eigenvalue weighted by atomic mass is 31.3. The number of nitrogens with one attached hydrogen (secondary N) is 1. The highest BCUT2D eigenvalue weighted by molar-refractivity contribution is 7.65. The van der Waals surface area contributed by atoms with Gasteiger partial charge in [-0.25, -0.2) is 23.2 Å². The molecule has 0 saturated carbocycles. The van der Waals surface area contributed by atoms with Crippen LogP contribution in [0.2, 0.25) is 0 Å². The van der Waals surface area contributed by atoms with Crippen molar-refractivity contribution in [3.63, 3.8) is 0 Å². The average molecular weight is 1070 g/mol. The molecular weight excluding hydrogens is 1020 g/mol. The number of nitrogens with zero attached hydrogens (tertiary/aromatic N) is 5. The second-order valence-corrected chi connectivity index (χ2v) is 23.9. The second-order valence-electron chi connectivity index (χ2n) is 19.6. The van der Waals surface area contributed by atoms with Gasteiger partial charge in [0.1, 0.15) is 48.5 Å². The number of phosphoric ester groups is 1. The van der Waals surface area contributed by atoms with E-state index in [0.717, 1.165) is 117 Å². The van der Waals surface area contributed by atoms with Crippen LogP contribution in [-0.4, -0.2) is 82.0 Å². The average Bonchev–Trinajstić information content (AvgIpc) is 3.93. The predicted octanol–water partition coefficient (Wildman–Crippen LogP) is 2.80. The van der Waals surface area contributed by atoms with Crippen LogP contribution in [0.15, 0.2) is 42.9 Å². The minimum absolute atomic E-state index is 0.107. The summed E-state index contributed by atoms with van der Waals surface area (Å²) in [5.74, 6) is 8.15. The molecule has 0 bridgehead atoms. The van der Waals surface area contributed by atoms with Crippen LogP contribution in [-0.2, 0) is 57.3 Å². The molecule has 1 amide bonds. The molecule has 6 aliphatic heterocycles. The first kappa shape index (κ1) is 50.8. The number of phosphoric acid groups is 3. The van der Waals surface area contributed by atoms with E-state index in [0.29, 0.717) is 42.3 Å². The SMILES string of the molecule is Cc1ccc(C(=O)NCCCCC#Cc2cn([C@@H]3O[C@H](COP(=O)([O-])OP(=O)([O-])OP(=O)([O-])O)CC3O)c3ncnc(N)c23)cc1C1=c2cc3c4c(c2Oc2c1cc1c5c2CCCN5CCC1)CCC[N+]=4CCC3. The lowest BCUT2D eigenvalue weighted by atomic mass is 9.81. The summed E-state index contributed by atoms with van der Waals surface area (Å²) in [4.78, 5) is 68.0. The Hall–Kier alpha value is -5.29. The summed E-state index contributed by atoms with van der Waals surface area (Å²) in [6.07, 6.45) is 9.23. The molecule has 5 aromatic rings. The van der Waals surface area contributed by atoms with Crippen molar-refractivity contribution in [1.82, 2.24) is 24.4 Å². The van der Waals surface area contributed by atoms with Crippen LogP contribution in [0.4, 0.5) is 11.5 Å². The molecule has 2 aromatic heterocycles. The molecule has 0 radical (unpaired) electrons. The molecule has 6 aliphatic rings. The number of rotatable bonds is 14. The van der Waals surface area contributed by atoms with Gasteiger partial charge in [0, 0.05) is 90.2 Å². The molecule has 6 atom stereocenters. The lowest BCUT2D eigenvalue weighted by molar-refractivity contribution is -0.250. The van der Waals surface area contributed by atoms with E-state index >= 15 is 0 Å². The van der Waals surface area contributed by atoms with Crippen LogP contribution >= 0.6 is 23.5 Å². The van der Waals surface area contributed by atoms with E-state index in [-0.39, 0.29) is 23.8 Å². The van der Waals surface area contributed by atoms with Crippen LogP contribution in [0.3, 0.4) is 0 Å². The van der Waals surface area contributed by atoms with Gasteiger partial charge in [-0.3, -0.25) is 18.5 Å². The highest BCUT2D eigenvalue weighted by Crippen LogP contribution is 2.61. The number of nitrogen functional groups attached to an aromatic ring is 1. The number of aryl methyl sites for hydroxylation is 3. The Morgan fingerprint density at radius 3 is 2.53 bits per heavy atom. The maximum absolute atomic E-state index is 14.0. The van der Waals surface area contributed by atoms with Gasteiger partial charge >= 0.3 is 0 Å². The number of unbranched alkanes of at least 4 members (excludes halogenated alkanes) is 2. The largest absolute Gasteiger partial charge is 0.756 e. The van der Waals surface area contributed by atoms with E-state index in [2.05, 4.69) is 80.9 Å². The van der Waals surface area contributed by atoms with Crippen LogP contribution in [0.25, 0.3) is 16.6 Å². The minimum Gasteiger partial charge on any atom is -0.756 e. The molecule has 11 rings (SSSR count). The molecule has 5 N–H and O–H groups in total. The zero-order valence-corrected chi connectivity index (χ0v) is 43.1. The number of ether oxygens (including phenoxy) is 2. The lowest BCUT2D eigenvalue weighted by Gasteiger charge is -2.39. The van der Waals surface area contributed by atoms with E-state index < -0.39 is 48.5 Å². The van der Waals surface area contributed by atoms with E-state index in [1.807, 2.05) is 6.07 Å². The number of aliphatic hydroxyl groups excluding tert-OH is 1. The summed E-state index contributed by atoms with van der Waals surface area (Å²) in [6.45, 7) is 5.97. The number of hydrogen-bond acceptors (Lipinski definition) is 17. The Balaban J connectivity index is 0.778. The monoisotopic (exact) mass is 1070 g/mol. The predicted molar refractivity (Wildman–Crippen MR) is 264 cm³/mol. The van der Waals surface area contributed by atoms with Crippen LogP contribution in [0, 0.1) is 18.8 Å². The molecule has 8 heterocycles. The fourth-order valence-corrected chi connectivity index (χ4v) is 14.5. The van der Waals surface area contributed by atoms with Crippen molar-refractivity contribution in [2.24, 2.45) is 0 Å². The van der Waals surface area contributed by atoms with Crippen molar-refractivity contribution in [3.8, 4) is 23.3 Å². The molecule has 0 spiro atoms. The fraction of sp³-hybridized carbons (Fsp3) is 0.440. The normalized spacial score (nSPS) is 22.0. The van der Waals surface area contributed by atoms with Gasteiger partial charge in [-0.2, -0.15) is 0 Å². The number of hydrogen-bond donors (Lipinski definition) is 4. The molecule has 390 valence electrons. The van der Waals surface area contributed by atoms with E-state index in [1.54, 1.807) is 6.20 Å². The zero-order chi connectivity index (χ0) is 51.7. The number of amides is 1. The first-order valence-electron chi connectivity index (χ1n) is 24.9. The summed E-state index contributed by atoms with van der Waals surface area (Å²) >= 11 is 0. The molecule has 21 nitrogen and oxygen atoms in total. The highest BCUT2D eigenvalue weighted by Gasteiger charge is 2.39. The third kappa shape index (κ3) is 10.0. The molecule has 1 fully saturated rings. The number of carbonyl (C=O) groups is 1. The lowest BCUT2D eigenvalue weighted by Crippen LogP contribution is -2.45.